The van der Waals surface area contributed by atoms with Gasteiger partial charge in [-0.3, -0.25) is 14.5 Å². The molecular formula is C21H21N3O3S2. The van der Waals surface area contributed by atoms with Gasteiger partial charge in [-0.15, -0.1) is 0 Å². The van der Waals surface area contributed by atoms with E-state index in [0.717, 1.165) is 13.1 Å². The average molecular weight is 428 g/mol. The summed E-state index contributed by atoms with van der Waals surface area (Å²) in [7, 11) is 0. The number of nitrogens with zero attached hydrogens (tertiary/aromatic N) is 3. The van der Waals surface area contributed by atoms with Crippen molar-refractivity contribution in [2.24, 2.45) is 0 Å². The Labute approximate surface area is 179 Å². The second-order valence-electron chi connectivity index (χ2n) is 6.80. The third-order valence-electron chi connectivity index (χ3n) is 4.99. The van der Waals surface area contributed by atoms with Crippen LogP contribution in [0.15, 0.2) is 58.1 Å². The van der Waals surface area contributed by atoms with Crippen LogP contribution in [0.2, 0.25) is 0 Å². The lowest BCUT2D eigenvalue weighted by Crippen LogP contribution is -2.49. The van der Waals surface area contributed by atoms with E-state index >= 15 is 0 Å². The molecule has 2 aromatic rings. The van der Waals surface area contributed by atoms with Gasteiger partial charge in [0, 0.05) is 50.9 Å². The van der Waals surface area contributed by atoms with Crippen molar-refractivity contribution in [1.29, 1.82) is 0 Å². The molecule has 0 aliphatic carbocycles. The molecule has 0 unspecified atom stereocenters. The number of carbonyl (C=O) groups is 2. The summed E-state index contributed by atoms with van der Waals surface area (Å²) >= 11 is 6.58. The van der Waals surface area contributed by atoms with Crippen LogP contribution >= 0.6 is 24.0 Å². The van der Waals surface area contributed by atoms with Crippen LogP contribution in [0, 0.1) is 0 Å². The zero-order valence-electron chi connectivity index (χ0n) is 15.8. The van der Waals surface area contributed by atoms with Gasteiger partial charge in [0.15, 0.2) is 0 Å². The van der Waals surface area contributed by atoms with E-state index in [9.17, 15) is 9.59 Å². The van der Waals surface area contributed by atoms with Gasteiger partial charge in [-0.2, -0.15) is 0 Å². The molecule has 150 valence electrons. The average Bonchev–Trinajstić information content (AvgIpc) is 3.35. The van der Waals surface area contributed by atoms with Gasteiger partial charge in [-0.1, -0.05) is 42.2 Å². The number of piperazine rings is 1. The minimum absolute atomic E-state index is 0.0572. The van der Waals surface area contributed by atoms with E-state index in [4.69, 9.17) is 16.6 Å². The molecule has 1 aromatic carbocycles. The number of thiocarbonyl (C=S) groups is 1. The van der Waals surface area contributed by atoms with Crippen molar-refractivity contribution in [3.8, 4) is 0 Å². The second kappa shape index (κ2) is 8.84. The zero-order valence-corrected chi connectivity index (χ0v) is 17.5. The number of thioether (sulfide) groups is 1. The molecule has 2 fully saturated rings. The molecular weight excluding hydrogens is 406 g/mol. The number of hydrogen-bond donors (Lipinski definition) is 0. The maximum Gasteiger partial charge on any atom is 0.266 e. The Bertz CT molecular complexity index is 920. The van der Waals surface area contributed by atoms with Crippen LogP contribution in [0.5, 0.6) is 0 Å². The molecule has 6 nitrogen and oxygen atoms in total. The maximum absolute atomic E-state index is 12.6. The predicted molar refractivity (Wildman–Crippen MR) is 118 cm³/mol. The summed E-state index contributed by atoms with van der Waals surface area (Å²) < 4.78 is 5.74. The van der Waals surface area contributed by atoms with Gasteiger partial charge in [0.25, 0.3) is 5.91 Å². The van der Waals surface area contributed by atoms with Crippen LogP contribution < -0.4 is 4.90 Å². The lowest BCUT2D eigenvalue weighted by molar-refractivity contribution is -0.132. The molecule has 3 heterocycles. The minimum atomic E-state index is -0.168. The Morgan fingerprint density at radius 2 is 1.86 bits per heavy atom. The second-order valence-corrected chi connectivity index (χ2v) is 8.48. The molecule has 4 rings (SSSR count). The third kappa shape index (κ3) is 4.54. The Kier molecular flexibility index (Phi) is 6.01. The van der Waals surface area contributed by atoms with Gasteiger partial charge < -0.3 is 14.2 Å². The van der Waals surface area contributed by atoms with E-state index in [0.29, 0.717) is 34.6 Å². The van der Waals surface area contributed by atoms with E-state index in [1.165, 1.54) is 22.3 Å². The van der Waals surface area contributed by atoms with Crippen LogP contribution in [-0.2, 0) is 9.59 Å². The summed E-state index contributed by atoms with van der Waals surface area (Å²) in [5, 5.41) is 0. The van der Waals surface area contributed by atoms with Crippen LogP contribution in [-0.4, -0.2) is 58.7 Å². The molecule has 0 atom stereocenters. The number of furan rings is 1. The zero-order chi connectivity index (χ0) is 20.2. The highest BCUT2D eigenvalue weighted by molar-refractivity contribution is 8.26. The molecule has 8 heteroatoms. The van der Waals surface area contributed by atoms with E-state index in [1.807, 2.05) is 23.1 Å². The van der Waals surface area contributed by atoms with Gasteiger partial charge in [0.1, 0.15) is 10.1 Å². The molecule has 29 heavy (non-hydrogen) atoms. The fourth-order valence-electron chi connectivity index (χ4n) is 3.41. The summed E-state index contributed by atoms with van der Waals surface area (Å²) in [5.74, 6) is 0.498. The van der Waals surface area contributed by atoms with Gasteiger partial charge in [-0.25, -0.2) is 0 Å². The largest absolute Gasteiger partial charge is 0.465 e. The van der Waals surface area contributed by atoms with Crippen molar-refractivity contribution >= 4 is 51.9 Å². The first-order chi connectivity index (χ1) is 14.1. The number of rotatable bonds is 5. The molecule has 2 aliphatic heterocycles. The molecule has 2 aliphatic rings. The summed E-state index contributed by atoms with van der Waals surface area (Å²) in [6.45, 7) is 3.29. The molecule has 2 saturated heterocycles. The van der Waals surface area contributed by atoms with Crippen molar-refractivity contribution in [2.45, 2.75) is 6.42 Å². The van der Waals surface area contributed by atoms with E-state index < -0.39 is 0 Å². The van der Waals surface area contributed by atoms with Crippen molar-refractivity contribution in [1.82, 2.24) is 9.80 Å². The number of anilines is 1. The van der Waals surface area contributed by atoms with Gasteiger partial charge in [0.2, 0.25) is 5.91 Å². The van der Waals surface area contributed by atoms with Crippen molar-refractivity contribution in [3.63, 3.8) is 0 Å². The Morgan fingerprint density at radius 1 is 1.10 bits per heavy atom. The standard InChI is InChI=1S/C21H21N3O3S2/c25-19(23-12-10-22(11-13-23)16-5-2-1-3-6-16)8-9-24-20(26)18(29-21(24)28)15-17-7-4-14-27-17/h1-7,14-15H,8-13H2/b18-15+. The smallest absolute Gasteiger partial charge is 0.266 e. The summed E-state index contributed by atoms with van der Waals surface area (Å²) in [6, 6.07) is 13.8. The number of benzene rings is 1. The monoisotopic (exact) mass is 427 g/mol. The first-order valence-electron chi connectivity index (χ1n) is 9.48. The summed E-state index contributed by atoms with van der Waals surface area (Å²) in [5.41, 5.74) is 1.18. The summed E-state index contributed by atoms with van der Waals surface area (Å²) in [4.78, 5) is 31.4. The fraction of sp³-hybridized carbons (Fsp3) is 0.286. The lowest BCUT2D eigenvalue weighted by Gasteiger charge is -2.36. The number of hydrogen-bond acceptors (Lipinski definition) is 6. The van der Waals surface area contributed by atoms with E-state index in [1.54, 1.807) is 24.5 Å². The van der Waals surface area contributed by atoms with Gasteiger partial charge in [-0.05, 0) is 24.3 Å². The number of carbonyl (C=O) groups excluding carboxylic acids is 2. The third-order valence-corrected chi connectivity index (χ3v) is 6.37. The van der Waals surface area contributed by atoms with E-state index in [-0.39, 0.29) is 18.2 Å². The van der Waals surface area contributed by atoms with Crippen molar-refractivity contribution in [3.05, 3.63) is 59.4 Å². The molecule has 2 amide bonds. The quantitative estimate of drug-likeness (QED) is 0.540. The van der Waals surface area contributed by atoms with Crippen molar-refractivity contribution in [2.75, 3.05) is 37.6 Å². The van der Waals surface area contributed by atoms with Crippen molar-refractivity contribution < 1.29 is 14.0 Å². The Balaban J connectivity index is 1.29. The number of para-hydroxylation sites is 1. The normalized spacial score (nSPS) is 18.8. The maximum atomic E-state index is 12.6. The Hall–Kier alpha value is -2.58. The molecule has 0 spiro atoms. The molecule has 0 radical (unpaired) electrons. The predicted octanol–water partition coefficient (Wildman–Crippen LogP) is 3.22. The highest BCUT2D eigenvalue weighted by Gasteiger charge is 2.33. The van der Waals surface area contributed by atoms with Crippen LogP contribution in [0.3, 0.4) is 0 Å². The first-order valence-corrected chi connectivity index (χ1v) is 10.7. The van der Waals surface area contributed by atoms with Crippen LogP contribution in [0.25, 0.3) is 6.08 Å². The van der Waals surface area contributed by atoms with Crippen LogP contribution in [0.4, 0.5) is 5.69 Å². The van der Waals surface area contributed by atoms with E-state index in [2.05, 4.69) is 17.0 Å². The number of amides is 2. The fourth-order valence-corrected chi connectivity index (χ4v) is 4.70. The van der Waals surface area contributed by atoms with Gasteiger partial charge in [0.05, 0.1) is 11.2 Å². The SMILES string of the molecule is O=C(CCN1C(=O)/C(=C\c2ccco2)SC1=S)N1CCN(c2ccccc2)CC1. The Morgan fingerprint density at radius 3 is 2.55 bits per heavy atom. The highest BCUT2D eigenvalue weighted by Crippen LogP contribution is 2.32. The molecule has 0 N–H and O–H groups in total. The molecule has 1 aromatic heterocycles. The molecule has 0 saturated carbocycles. The lowest BCUT2D eigenvalue weighted by atomic mass is 10.2. The minimum Gasteiger partial charge on any atom is -0.465 e. The molecule has 0 bridgehead atoms. The summed E-state index contributed by atoms with van der Waals surface area (Å²) in [6.07, 6.45) is 3.51. The topological polar surface area (TPSA) is 57.0 Å². The highest BCUT2D eigenvalue weighted by atomic mass is 32.2. The first kappa shape index (κ1) is 19.7. The van der Waals surface area contributed by atoms with Crippen LogP contribution in [0.1, 0.15) is 12.2 Å². The van der Waals surface area contributed by atoms with Gasteiger partial charge >= 0.3 is 0 Å².